The second-order valence-electron chi connectivity index (χ2n) is 3.10. The molecule has 86 valence electrons. The number of nitro benzene ring substituents is 1. The fourth-order valence-corrected chi connectivity index (χ4v) is 1.32. The number of aliphatic hydroxyl groups is 1. The van der Waals surface area contributed by atoms with Crippen LogP contribution in [0, 0.1) is 22.9 Å². The van der Waals surface area contributed by atoms with Gasteiger partial charge in [-0.2, -0.15) is 0 Å². The van der Waals surface area contributed by atoms with Gasteiger partial charge in [0.1, 0.15) is 5.82 Å². The summed E-state index contributed by atoms with van der Waals surface area (Å²) in [7, 11) is 0. The summed E-state index contributed by atoms with van der Waals surface area (Å²) in [6, 6.07) is 1.68. The van der Waals surface area contributed by atoms with Crippen LogP contribution in [0.2, 0.25) is 0 Å². The number of carboxylic acid groups (broad SMARTS) is 1. The number of nitrogens with zero attached hydrogens (tertiary/aromatic N) is 1. The monoisotopic (exact) mass is 229 g/mol. The SMILES string of the molecule is Cc1c(F)ccc([N+](=O)[O-])c1C(O)C(=O)O. The summed E-state index contributed by atoms with van der Waals surface area (Å²) < 4.78 is 13.1. The molecule has 0 saturated carbocycles. The van der Waals surface area contributed by atoms with Crippen molar-refractivity contribution in [1.82, 2.24) is 0 Å². The van der Waals surface area contributed by atoms with E-state index in [2.05, 4.69) is 0 Å². The van der Waals surface area contributed by atoms with Crippen LogP contribution in [-0.2, 0) is 4.79 Å². The van der Waals surface area contributed by atoms with E-state index in [4.69, 9.17) is 5.11 Å². The minimum atomic E-state index is -2.11. The summed E-state index contributed by atoms with van der Waals surface area (Å²) in [5, 5.41) is 28.4. The van der Waals surface area contributed by atoms with Gasteiger partial charge < -0.3 is 10.2 Å². The van der Waals surface area contributed by atoms with E-state index in [1.165, 1.54) is 6.92 Å². The maximum absolute atomic E-state index is 13.1. The van der Waals surface area contributed by atoms with Crippen molar-refractivity contribution in [1.29, 1.82) is 0 Å². The van der Waals surface area contributed by atoms with Crippen LogP contribution in [0.25, 0.3) is 0 Å². The van der Waals surface area contributed by atoms with E-state index in [-0.39, 0.29) is 5.56 Å². The predicted molar refractivity (Wildman–Crippen MR) is 50.4 cm³/mol. The number of benzene rings is 1. The Balaban J connectivity index is 3.49. The van der Waals surface area contributed by atoms with Crippen molar-refractivity contribution in [2.45, 2.75) is 13.0 Å². The molecule has 0 fully saturated rings. The first-order chi connectivity index (χ1) is 7.36. The number of halogens is 1. The molecule has 0 aliphatic rings. The fourth-order valence-electron chi connectivity index (χ4n) is 1.32. The third-order valence-electron chi connectivity index (χ3n) is 2.13. The standard InChI is InChI=1S/C9H8FNO5/c1-4-5(10)2-3-6(11(15)16)7(4)8(12)9(13)14/h2-3,8,12H,1H3,(H,13,14). The van der Waals surface area contributed by atoms with Crippen LogP contribution in [-0.4, -0.2) is 21.1 Å². The zero-order chi connectivity index (χ0) is 12.5. The minimum absolute atomic E-state index is 0.246. The third-order valence-corrected chi connectivity index (χ3v) is 2.13. The van der Waals surface area contributed by atoms with Crippen molar-refractivity contribution in [2.75, 3.05) is 0 Å². The molecule has 1 atom stereocenters. The molecule has 0 spiro atoms. The summed E-state index contributed by atoms with van der Waals surface area (Å²) in [6.45, 7) is 1.17. The van der Waals surface area contributed by atoms with Crippen LogP contribution >= 0.6 is 0 Å². The molecule has 1 unspecified atom stereocenters. The van der Waals surface area contributed by atoms with Crippen LogP contribution < -0.4 is 0 Å². The molecule has 2 N–H and O–H groups in total. The summed E-state index contributed by atoms with van der Waals surface area (Å²) in [5.41, 5.74) is -1.39. The quantitative estimate of drug-likeness (QED) is 0.598. The van der Waals surface area contributed by atoms with Crippen LogP contribution in [0.3, 0.4) is 0 Å². The molecule has 0 amide bonds. The van der Waals surface area contributed by atoms with Crippen LogP contribution in [0.4, 0.5) is 10.1 Å². The van der Waals surface area contributed by atoms with E-state index < -0.39 is 34.1 Å². The summed E-state index contributed by atoms with van der Waals surface area (Å²) in [6.07, 6.45) is -2.11. The normalized spacial score (nSPS) is 12.2. The van der Waals surface area contributed by atoms with E-state index in [9.17, 15) is 24.4 Å². The molecule has 0 bridgehead atoms. The van der Waals surface area contributed by atoms with E-state index in [0.717, 1.165) is 12.1 Å². The topological polar surface area (TPSA) is 101 Å². The highest BCUT2D eigenvalue weighted by atomic mass is 19.1. The van der Waals surface area contributed by atoms with Crippen molar-refractivity contribution < 1.29 is 24.3 Å². The van der Waals surface area contributed by atoms with Gasteiger partial charge in [0.05, 0.1) is 10.5 Å². The Bertz CT molecular complexity index is 459. The minimum Gasteiger partial charge on any atom is -0.479 e. The molecule has 1 aromatic rings. The van der Waals surface area contributed by atoms with Crippen LogP contribution in [0.15, 0.2) is 12.1 Å². The highest BCUT2D eigenvalue weighted by Gasteiger charge is 2.29. The first-order valence-corrected chi connectivity index (χ1v) is 4.20. The average Bonchev–Trinajstić information content (AvgIpc) is 2.20. The Morgan fingerprint density at radius 1 is 1.56 bits per heavy atom. The maximum atomic E-state index is 13.1. The Labute approximate surface area is 89.1 Å². The van der Waals surface area contributed by atoms with E-state index in [0.29, 0.717) is 0 Å². The van der Waals surface area contributed by atoms with Gasteiger partial charge in [-0.1, -0.05) is 0 Å². The lowest BCUT2D eigenvalue weighted by Crippen LogP contribution is -2.14. The highest BCUT2D eigenvalue weighted by molar-refractivity contribution is 5.76. The number of aliphatic carboxylic acids is 1. The lowest BCUT2D eigenvalue weighted by molar-refractivity contribution is -0.386. The first-order valence-electron chi connectivity index (χ1n) is 4.20. The molecule has 0 saturated heterocycles. The molecule has 0 radical (unpaired) electrons. The molecule has 6 nitrogen and oxygen atoms in total. The van der Waals surface area contributed by atoms with E-state index >= 15 is 0 Å². The molecule has 0 heterocycles. The summed E-state index contributed by atoms with van der Waals surface area (Å²) >= 11 is 0. The molecule has 0 aliphatic carbocycles. The van der Waals surface area contributed by atoms with Crippen LogP contribution in [0.5, 0.6) is 0 Å². The van der Waals surface area contributed by atoms with Crippen molar-refractivity contribution in [3.05, 3.63) is 39.2 Å². The number of carboxylic acids is 1. The molecule has 1 aromatic carbocycles. The number of nitro groups is 1. The van der Waals surface area contributed by atoms with Gasteiger partial charge in [-0.3, -0.25) is 10.1 Å². The summed E-state index contributed by atoms with van der Waals surface area (Å²) in [5.74, 6) is -2.47. The summed E-state index contributed by atoms with van der Waals surface area (Å²) in [4.78, 5) is 20.3. The van der Waals surface area contributed by atoms with E-state index in [1.54, 1.807) is 0 Å². The van der Waals surface area contributed by atoms with Crippen molar-refractivity contribution in [3.63, 3.8) is 0 Å². The van der Waals surface area contributed by atoms with Crippen molar-refractivity contribution >= 4 is 11.7 Å². The predicted octanol–water partition coefficient (Wildman–Crippen LogP) is 1.16. The van der Waals surface area contributed by atoms with Gasteiger partial charge >= 0.3 is 5.97 Å². The zero-order valence-electron chi connectivity index (χ0n) is 8.18. The number of hydrogen-bond acceptors (Lipinski definition) is 4. The van der Waals surface area contributed by atoms with Gasteiger partial charge in [0.25, 0.3) is 5.69 Å². The Morgan fingerprint density at radius 2 is 2.12 bits per heavy atom. The molecule has 0 aromatic heterocycles. The molecular weight excluding hydrogens is 221 g/mol. The van der Waals surface area contributed by atoms with Crippen molar-refractivity contribution in [2.24, 2.45) is 0 Å². The van der Waals surface area contributed by atoms with Crippen LogP contribution in [0.1, 0.15) is 17.2 Å². The Morgan fingerprint density at radius 3 is 2.56 bits per heavy atom. The van der Waals surface area contributed by atoms with Gasteiger partial charge in [0, 0.05) is 6.07 Å². The first kappa shape index (κ1) is 12.1. The average molecular weight is 229 g/mol. The van der Waals surface area contributed by atoms with Gasteiger partial charge in [-0.25, -0.2) is 9.18 Å². The highest BCUT2D eigenvalue weighted by Crippen LogP contribution is 2.30. The molecule has 7 heteroatoms. The number of hydrogen-bond donors (Lipinski definition) is 2. The van der Waals surface area contributed by atoms with Gasteiger partial charge in [-0.15, -0.1) is 0 Å². The second-order valence-corrected chi connectivity index (χ2v) is 3.10. The lowest BCUT2D eigenvalue weighted by atomic mass is 10.0. The molecule has 1 rings (SSSR count). The molecule has 16 heavy (non-hydrogen) atoms. The number of carbonyl (C=O) groups is 1. The fraction of sp³-hybridized carbons (Fsp3) is 0.222. The van der Waals surface area contributed by atoms with Crippen molar-refractivity contribution in [3.8, 4) is 0 Å². The number of rotatable bonds is 3. The Hall–Kier alpha value is -2.02. The van der Waals surface area contributed by atoms with Gasteiger partial charge in [0.15, 0.2) is 6.10 Å². The van der Waals surface area contributed by atoms with Gasteiger partial charge in [0.2, 0.25) is 0 Å². The zero-order valence-corrected chi connectivity index (χ0v) is 8.18. The van der Waals surface area contributed by atoms with E-state index in [1.807, 2.05) is 0 Å². The smallest absolute Gasteiger partial charge is 0.337 e. The largest absolute Gasteiger partial charge is 0.479 e. The third kappa shape index (κ3) is 1.98. The lowest BCUT2D eigenvalue weighted by Gasteiger charge is -2.10. The Kier molecular flexibility index (Phi) is 3.19. The van der Waals surface area contributed by atoms with Gasteiger partial charge in [-0.05, 0) is 18.6 Å². The molecule has 0 aliphatic heterocycles. The maximum Gasteiger partial charge on any atom is 0.337 e. The number of aliphatic hydroxyl groups excluding tert-OH is 1. The second kappa shape index (κ2) is 4.23. The molecular formula is C9H8FNO5.